The predicted octanol–water partition coefficient (Wildman–Crippen LogP) is 3.38. The van der Waals surface area contributed by atoms with Gasteiger partial charge in [-0.3, -0.25) is 9.48 Å². The number of rotatable bonds is 4. The van der Waals surface area contributed by atoms with Crippen LogP contribution in [0.1, 0.15) is 62.0 Å². The molecule has 3 nitrogen and oxygen atoms in total. The van der Waals surface area contributed by atoms with Crippen LogP contribution in [0.4, 0.5) is 0 Å². The molecule has 2 rings (SSSR count). The van der Waals surface area contributed by atoms with Crippen LogP contribution in [0.25, 0.3) is 0 Å². The van der Waals surface area contributed by atoms with Crippen molar-refractivity contribution in [3.8, 4) is 0 Å². The van der Waals surface area contributed by atoms with E-state index in [0.717, 1.165) is 36.4 Å². The molecule has 0 saturated heterocycles. The summed E-state index contributed by atoms with van der Waals surface area (Å²) < 4.78 is 1.77. The predicted molar refractivity (Wildman–Crippen MR) is 72.7 cm³/mol. The average Bonchev–Trinajstić information content (AvgIpc) is 2.79. The average molecular weight is 248 g/mol. The molecule has 3 heteroatoms. The normalized spacial score (nSPS) is 24.2. The molecule has 0 N–H and O–H groups in total. The number of aryl methyl sites for hydroxylation is 2. The number of ketones is 1. The fourth-order valence-corrected chi connectivity index (χ4v) is 3.12. The van der Waals surface area contributed by atoms with Crippen LogP contribution < -0.4 is 0 Å². The molecule has 0 spiro atoms. The smallest absolute Gasteiger partial charge is 0.169 e. The number of hydrogen-bond donors (Lipinski definition) is 0. The molecule has 2 unspecified atom stereocenters. The van der Waals surface area contributed by atoms with E-state index in [1.54, 1.807) is 4.68 Å². The zero-order chi connectivity index (χ0) is 13.1. The Balaban J connectivity index is 2.14. The zero-order valence-electron chi connectivity index (χ0n) is 11.8. The quantitative estimate of drug-likeness (QED) is 0.766. The van der Waals surface area contributed by atoms with E-state index in [9.17, 15) is 4.79 Å². The third-order valence-electron chi connectivity index (χ3n) is 4.24. The largest absolute Gasteiger partial charge is 0.294 e. The van der Waals surface area contributed by atoms with E-state index in [1.165, 1.54) is 19.3 Å². The first-order valence-electron chi connectivity index (χ1n) is 7.22. The summed E-state index contributed by atoms with van der Waals surface area (Å²) in [6.45, 7) is 4.30. The molecule has 1 heterocycles. The monoisotopic (exact) mass is 248 g/mol. The van der Waals surface area contributed by atoms with Gasteiger partial charge in [0.1, 0.15) is 0 Å². The molecule has 1 aliphatic carbocycles. The van der Waals surface area contributed by atoms with Crippen molar-refractivity contribution in [2.45, 2.75) is 52.4 Å². The molecule has 1 saturated carbocycles. The summed E-state index contributed by atoms with van der Waals surface area (Å²) in [5, 5.41) is 4.38. The topological polar surface area (TPSA) is 34.9 Å². The lowest BCUT2D eigenvalue weighted by Gasteiger charge is -2.27. The zero-order valence-corrected chi connectivity index (χ0v) is 11.8. The van der Waals surface area contributed by atoms with E-state index >= 15 is 0 Å². The fourth-order valence-electron chi connectivity index (χ4n) is 3.12. The minimum absolute atomic E-state index is 0.234. The number of Topliss-reactive ketones (excluding diaryl/α,β-unsaturated/α-hetero) is 1. The van der Waals surface area contributed by atoms with Gasteiger partial charge in [0.05, 0.1) is 11.3 Å². The van der Waals surface area contributed by atoms with Gasteiger partial charge in [0.15, 0.2) is 5.78 Å². The van der Waals surface area contributed by atoms with Crippen molar-refractivity contribution >= 4 is 5.78 Å². The minimum Gasteiger partial charge on any atom is -0.294 e. The standard InChI is InChI=1S/C15H24N2O/c1-4-11-7-6-8-12(9-11)15(18)13-10-17(3)16-14(13)5-2/h10-12H,4-9H2,1-3H3. The lowest BCUT2D eigenvalue weighted by atomic mass is 9.77. The SMILES string of the molecule is CCc1nn(C)cc1C(=O)C1CCCC(CC)C1. The van der Waals surface area contributed by atoms with Crippen LogP contribution >= 0.6 is 0 Å². The summed E-state index contributed by atoms with van der Waals surface area (Å²) >= 11 is 0. The number of carbonyl (C=O) groups excluding carboxylic acids is 1. The van der Waals surface area contributed by atoms with Gasteiger partial charge in [-0.2, -0.15) is 5.10 Å². The van der Waals surface area contributed by atoms with E-state index in [2.05, 4.69) is 18.9 Å². The molecule has 0 bridgehead atoms. The van der Waals surface area contributed by atoms with Crippen LogP contribution in [0, 0.1) is 11.8 Å². The Bertz CT molecular complexity index is 422. The maximum Gasteiger partial charge on any atom is 0.169 e. The third-order valence-corrected chi connectivity index (χ3v) is 4.24. The van der Waals surface area contributed by atoms with Gasteiger partial charge in [0.25, 0.3) is 0 Å². The minimum atomic E-state index is 0.234. The Labute approximate surface area is 110 Å². The molecule has 0 aliphatic heterocycles. The fraction of sp³-hybridized carbons (Fsp3) is 0.733. The highest BCUT2D eigenvalue weighted by Crippen LogP contribution is 2.33. The van der Waals surface area contributed by atoms with E-state index in [0.29, 0.717) is 5.78 Å². The first-order chi connectivity index (χ1) is 8.65. The molecule has 0 aromatic carbocycles. The number of aromatic nitrogens is 2. The van der Waals surface area contributed by atoms with Crippen molar-refractivity contribution in [1.82, 2.24) is 9.78 Å². The summed E-state index contributed by atoms with van der Waals surface area (Å²) in [4.78, 5) is 12.6. The first-order valence-corrected chi connectivity index (χ1v) is 7.22. The Kier molecular flexibility index (Phi) is 4.20. The van der Waals surface area contributed by atoms with Crippen molar-refractivity contribution in [2.24, 2.45) is 18.9 Å². The Morgan fingerprint density at radius 3 is 2.89 bits per heavy atom. The summed E-state index contributed by atoms with van der Waals surface area (Å²) in [6, 6.07) is 0. The second-order valence-electron chi connectivity index (χ2n) is 5.52. The third kappa shape index (κ3) is 2.65. The Morgan fingerprint density at radius 1 is 1.44 bits per heavy atom. The van der Waals surface area contributed by atoms with E-state index < -0.39 is 0 Å². The second-order valence-corrected chi connectivity index (χ2v) is 5.52. The van der Waals surface area contributed by atoms with Crippen LogP contribution in [-0.2, 0) is 13.5 Å². The van der Waals surface area contributed by atoms with E-state index in [1.807, 2.05) is 13.2 Å². The van der Waals surface area contributed by atoms with Gasteiger partial charge in [-0.1, -0.05) is 33.1 Å². The van der Waals surface area contributed by atoms with Gasteiger partial charge in [0, 0.05) is 19.2 Å². The van der Waals surface area contributed by atoms with E-state index in [4.69, 9.17) is 0 Å². The highest BCUT2D eigenvalue weighted by molar-refractivity contribution is 5.98. The summed E-state index contributed by atoms with van der Waals surface area (Å²) in [5.41, 5.74) is 1.82. The molecular weight excluding hydrogens is 224 g/mol. The lowest BCUT2D eigenvalue weighted by molar-refractivity contribution is 0.0861. The number of hydrogen-bond acceptors (Lipinski definition) is 2. The number of carbonyl (C=O) groups is 1. The molecule has 1 aromatic rings. The molecule has 0 radical (unpaired) electrons. The lowest BCUT2D eigenvalue weighted by Crippen LogP contribution is -2.23. The molecule has 1 aliphatic rings. The number of nitrogens with zero attached hydrogens (tertiary/aromatic N) is 2. The molecular formula is C15H24N2O. The van der Waals surface area contributed by atoms with Crippen LogP contribution in [0.5, 0.6) is 0 Å². The Morgan fingerprint density at radius 2 is 2.22 bits per heavy atom. The van der Waals surface area contributed by atoms with Gasteiger partial charge in [-0.15, -0.1) is 0 Å². The van der Waals surface area contributed by atoms with Gasteiger partial charge in [0.2, 0.25) is 0 Å². The van der Waals surface area contributed by atoms with Crippen molar-refractivity contribution in [3.63, 3.8) is 0 Å². The van der Waals surface area contributed by atoms with E-state index in [-0.39, 0.29) is 5.92 Å². The van der Waals surface area contributed by atoms with Crippen LogP contribution in [0.2, 0.25) is 0 Å². The van der Waals surface area contributed by atoms with Gasteiger partial charge < -0.3 is 0 Å². The van der Waals surface area contributed by atoms with Crippen molar-refractivity contribution in [3.05, 3.63) is 17.5 Å². The first kappa shape index (κ1) is 13.3. The van der Waals surface area contributed by atoms with Gasteiger partial charge in [-0.25, -0.2) is 0 Å². The molecule has 1 fully saturated rings. The molecule has 1 aromatic heterocycles. The van der Waals surface area contributed by atoms with Crippen LogP contribution in [0.15, 0.2) is 6.20 Å². The Hall–Kier alpha value is -1.12. The second kappa shape index (κ2) is 5.68. The van der Waals surface area contributed by atoms with Gasteiger partial charge in [-0.05, 0) is 25.2 Å². The molecule has 100 valence electrons. The summed E-state index contributed by atoms with van der Waals surface area (Å²) in [7, 11) is 1.89. The van der Waals surface area contributed by atoms with Crippen LogP contribution in [-0.4, -0.2) is 15.6 Å². The molecule has 0 amide bonds. The maximum absolute atomic E-state index is 12.6. The highest BCUT2D eigenvalue weighted by Gasteiger charge is 2.29. The van der Waals surface area contributed by atoms with Crippen molar-refractivity contribution in [2.75, 3.05) is 0 Å². The van der Waals surface area contributed by atoms with Crippen molar-refractivity contribution in [1.29, 1.82) is 0 Å². The van der Waals surface area contributed by atoms with Gasteiger partial charge >= 0.3 is 0 Å². The van der Waals surface area contributed by atoms with Crippen LogP contribution in [0.3, 0.4) is 0 Å². The summed E-state index contributed by atoms with van der Waals surface area (Å²) in [6.07, 6.45) is 8.59. The highest BCUT2D eigenvalue weighted by atomic mass is 16.1. The maximum atomic E-state index is 12.6. The molecule has 18 heavy (non-hydrogen) atoms. The summed E-state index contributed by atoms with van der Waals surface area (Å²) in [5.74, 6) is 1.31. The molecule has 2 atom stereocenters. The van der Waals surface area contributed by atoms with Crippen molar-refractivity contribution < 1.29 is 4.79 Å².